The van der Waals surface area contributed by atoms with Crippen molar-refractivity contribution in [3.05, 3.63) is 93.5 Å². The molecule has 0 aromatic heterocycles. The molecule has 0 radical (unpaired) electrons. The molecule has 8 rings (SSSR count). The molecule has 5 heterocycles. The minimum Gasteiger partial charge on any atom is -0.507 e. The lowest BCUT2D eigenvalue weighted by atomic mass is 9.78. The van der Waals surface area contributed by atoms with Gasteiger partial charge in [0, 0.05) is 88.5 Å². The molecule has 1 aliphatic carbocycles. The van der Waals surface area contributed by atoms with Crippen LogP contribution in [-0.4, -0.2) is 125 Å². The fourth-order valence-corrected chi connectivity index (χ4v) is 9.40. The van der Waals surface area contributed by atoms with Gasteiger partial charge in [-0.15, -0.1) is 0 Å². The third-order valence-corrected chi connectivity index (χ3v) is 13.5. The molecule has 0 unspecified atom stereocenters. The zero-order valence-corrected chi connectivity index (χ0v) is 38.7. The number of hydrogen-bond donors (Lipinski definition) is 4. The number of aliphatic hydroxyl groups is 2. The van der Waals surface area contributed by atoms with Crippen LogP contribution in [0.2, 0.25) is 0 Å². The quantitative estimate of drug-likeness (QED) is 0.304. The van der Waals surface area contributed by atoms with Crippen LogP contribution in [-0.2, 0) is 30.3 Å². The van der Waals surface area contributed by atoms with E-state index in [0.29, 0.717) is 31.1 Å². The van der Waals surface area contributed by atoms with Crippen LogP contribution in [0.5, 0.6) is 23.0 Å². The summed E-state index contributed by atoms with van der Waals surface area (Å²) >= 11 is 0. The van der Waals surface area contributed by atoms with Crippen LogP contribution in [0.1, 0.15) is 90.7 Å². The van der Waals surface area contributed by atoms with Crippen molar-refractivity contribution >= 4 is 29.2 Å². The largest absolute Gasteiger partial charge is 0.507 e. The number of ether oxygens (including phenoxy) is 6. The summed E-state index contributed by atoms with van der Waals surface area (Å²) in [6.07, 6.45) is 3.44. The summed E-state index contributed by atoms with van der Waals surface area (Å²) in [5, 5.41) is 37.4. The number of carbonyl (C=O) groups excluding carboxylic acids is 5. The highest BCUT2D eigenvalue weighted by atomic mass is 16.7. The van der Waals surface area contributed by atoms with Crippen molar-refractivity contribution in [1.82, 2.24) is 15.1 Å². The first-order valence-corrected chi connectivity index (χ1v) is 22.2. The summed E-state index contributed by atoms with van der Waals surface area (Å²) < 4.78 is 34.7. The smallest absolute Gasteiger partial charge is 0.312 e. The summed E-state index contributed by atoms with van der Waals surface area (Å²) in [5.41, 5.74) is -0.464. The Bertz CT molecular complexity index is 2430. The molecule has 9 atom stereocenters. The highest BCUT2D eigenvalue weighted by molar-refractivity contribution is 6.32. The number of aliphatic hydroxyl groups excluding tert-OH is 2. The third-order valence-electron chi connectivity index (χ3n) is 13.5. The Hall–Kier alpha value is -6.01. The van der Waals surface area contributed by atoms with E-state index in [1.165, 1.54) is 53.2 Å². The van der Waals surface area contributed by atoms with Crippen molar-refractivity contribution in [2.45, 2.75) is 92.1 Å². The van der Waals surface area contributed by atoms with Crippen molar-refractivity contribution < 1.29 is 67.7 Å². The highest BCUT2D eigenvalue weighted by Gasteiger charge is 2.53. The fraction of sp³-hybridized carbons (Fsp3) is 0.490. The number of methoxy groups -OCH3 is 1. The number of nitrogens with one attached hydrogen (secondary N) is 1. The normalized spacial score (nSPS) is 29.7. The average molecular weight is 914 g/mol. The van der Waals surface area contributed by atoms with E-state index in [9.17, 15) is 34.5 Å². The lowest BCUT2D eigenvalue weighted by molar-refractivity contribution is -0.160. The van der Waals surface area contributed by atoms with Crippen molar-refractivity contribution in [2.75, 3.05) is 40.1 Å². The highest BCUT2D eigenvalue weighted by Crippen LogP contribution is 2.49. The van der Waals surface area contributed by atoms with Crippen LogP contribution in [0, 0.1) is 30.6 Å². The van der Waals surface area contributed by atoms with Gasteiger partial charge in [-0.25, -0.2) is 0 Å². The van der Waals surface area contributed by atoms with Gasteiger partial charge in [-0.2, -0.15) is 0 Å². The molecule has 1 saturated heterocycles. The predicted octanol–water partition coefficient (Wildman–Crippen LogP) is 4.50. The van der Waals surface area contributed by atoms with Gasteiger partial charge in [-0.3, -0.25) is 28.9 Å². The van der Waals surface area contributed by atoms with Crippen LogP contribution in [0.15, 0.2) is 65.7 Å². The molecule has 1 fully saturated rings. The lowest BCUT2D eigenvalue weighted by Crippen LogP contribution is -2.49. The fourth-order valence-electron chi connectivity index (χ4n) is 9.40. The standard InChI is InChI=1S/C49H59N3O14/c1-24-11-10-12-25(2)48(60)50-38-39(52-18-16-51(17-19-52)22-31-13-14-33-34(21-31)63-23-62-33)44(58)35-36(43(38)57)42(56)29(6)46-37(35)47(59)49(8,66-46)64-20-15-32(61-9)26(3)45(65-30(7)53)28(5)41(55)27(4)40(24)54/h10-15,20-21,24,26-28,32,40-41,45,54-56H,16-19,22-23H2,1-9H3,(H,50,60)/t24-,26+,27+,28-,32-,40-,41-,45+,49-/m0/s1. The summed E-state index contributed by atoms with van der Waals surface area (Å²) in [6, 6.07) is 5.72. The number of amides is 1. The molecule has 5 aliphatic heterocycles. The van der Waals surface area contributed by atoms with E-state index in [-0.39, 0.29) is 59.3 Å². The number of carbonyl (C=O) groups is 5. The summed E-state index contributed by atoms with van der Waals surface area (Å²) in [4.78, 5) is 74.8. The molecule has 17 heteroatoms. The molecule has 1 amide bonds. The van der Waals surface area contributed by atoms with Gasteiger partial charge < -0.3 is 54.0 Å². The maximum Gasteiger partial charge on any atom is 0.312 e. The summed E-state index contributed by atoms with van der Waals surface area (Å²) in [6.45, 7) is 14.6. The van der Waals surface area contributed by atoms with Crippen molar-refractivity contribution in [1.29, 1.82) is 0 Å². The predicted molar refractivity (Wildman–Crippen MR) is 238 cm³/mol. The Kier molecular flexibility index (Phi) is 13.9. The van der Waals surface area contributed by atoms with Gasteiger partial charge in [-0.05, 0) is 37.6 Å². The zero-order valence-electron chi connectivity index (χ0n) is 38.7. The van der Waals surface area contributed by atoms with Crippen molar-refractivity contribution in [3.8, 4) is 23.0 Å². The van der Waals surface area contributed by atoms with Gasteiger partial charge in [0.05, 0.1) is 41.3 Å². The Morgan fingerprint density at radius 2 is 1.59 bits per heavy atom. The number of hydrogen-bond acceptors (Lipinski definition) is 16. The number of ketones is 3. The number of phenols is 1. The molecule has 4 N–H and O–H groups in total. The Morgan fingerprint density at radius 3 is 2.27 bits per heavy atom. The first kappa shape index (κ1) is 47.9. The maximum atomic E-state index is 15.1. The van der Waals surface area contributed by atoms with Crippen molar-refractivity contribution in [2.24, 2.45) is 23.7 Å². The van der Waals surface area contributed by atoms with E-state index in [4.69, 9.17) is 28.4 Å². The van der Waals surface area contributed by atoms with Gasteiger partial charge in [-0.1, -0.05) is 52.0 Å². The van der Waals surface area contributed by atoms with E-state index in [1.54, 1.807) is 44.7 Å². The topological polar surface area (TPSA) is 220 Å². The van der Waals surface area contributed by atoms with Crippen LogP contribution >= 0.6 is 0 Å². The number of nitrogens with zero attached hydrogens (tertiary/aromatic N) is 2. The number of aromatic hydroxyl groups is 1. The van der Waals surface area contributed by atoms with Gasteiger partial charge in [0.2, 0.25) is 18.4 Å². The summed E-state index contributed by atoms with van der Waals surface area (Å²) in [7, 11) is 1.43. The number of esters is 1. The third kappa shape index (κ3) is 8.96. The molecule has 354 valence electrons. The number of piperazine rings is 1. The van der Waals surface area contributed by atoms with Crippen LogP contribution < -0.4 is 19.5 Å². The maximum absolute atomic E-state index is 15.1. The van der Waals surface area contributed by atoms with E-state index in [0.717, 1.165) is 5.56 Å². The number of fused-ring (bicyclic) bond motifs is 15. The number of Topliss-reactive ketones (excluding diaryl/α,β-unsaturated/α-hetero) is 3. The van der Waals surface area contributed by atoms with Crippen LogP contribution in [0.4, 0.5) is 0 Å². The SMILES string of the molecule is CO[C@H]1C=CO[C@@]2(C)Oc3c(C)c(O)c4c(c3C2=O)C(=O)C(N2CCN(Cc3ccc5c(c3)OCO5)CC2)=C(NC(=O)C(C)=CC=C[C@H](C)[C@H](O)[C@@H](C)[C@H](O)[C@H](C)[C@H](OC(C)=O)[C@@H]1C)C4=O. The Labute approximate surface area is 383 Å². The van der Waals surface area contributed by atoms with E-state index in [2.05, 4.69) is 10.2 Å². The van der Waals surface area contributed by atoms with Crippen molar-refractivity contribution in [3.63, 3.8) is 0 Å². The second-order valence-corrected chi connectivity index (χ2v) is 18.0. The first-order chi connectivity index (χ1) is 31.3. The van der Waals surface area contributed by atoms with E-state index in [1.807, 2.05) is 18.2 Å². The molecule has 2 aromatic rings. The minimum atomic E-state index is -2.10. The Balaban J connectivity index is 1.29. The van der Waals surface area contributed by atoms with Gasteiger partial charge in [0.25, 0.3) is 11.7 Å². The average Bonchev–Trinajstić information content (AvgIpc) is 3.87. The number of phenolic OH excluding ortho intramolecular Hbond substituents is 1. The Morgan fingerprint density at radius 1 is 0.894 bits per heavy atom. The number of allylic oxidation sites excluding steroid dienone is 4. The molecule has 0 spiro atoms. The van der Waals surface area contributed by atoms with Crippen LogP contribution in [0.25, 0.3) is 0 Å². The van der Waals surface area contributed by atoms with Gasteiger partial charge in [0.1, 0.15) is 29.0 Å². The second kappa shape index (κ2) is 19.1. The molecule has 5 bridgehead atoms. The van der Waals surface area contributed by atoms with Gasteiger partial charge in [0.15, 0.2) is 11.5 Å². The van der Waals surface area contributed by atoms with E-state index < -0.39 is 94.4 Å². The minimum absolute atomic E-state index is 0.00163. The molecule has 2 aromatic carbocycles. The first-order valence-electron chi connectivity index (χ1n) is 22.2. The summed E-state index contributed by atoms with van der Waals surface area (Å²) in [5.74, 6) is -7.85. The molecule has 66 heavy (non-hydrogen) atoms. The number of rotatable bonds is 5. The van der Waals surface area contributed by atoms with E-state index >= 15 is 4.79 Å². The molecule has 0 saturated carbocycles. The van der Waals surface area contributed by atoms with Gasteiger partial charge >= 0.3 is 11.8 Å². The molecular weight excluding hydrogens is 855 g/mol. The molecular formula is C49H59N3O14. The van der Waals surface area contributed by atoms with Crippen LogP contribution in [0.3, 0.4) is 0 Å². The monoisotopic (exact) mass is 913 g/mol. The second-order valence-electron chi connectivity index (χ2n) is 18.0. The lowest BCUT2D eigenvalue weighted by Gasteiger charge is -2.39. The zero-order chi connectivity index (χ0) is 47.9. The number of benzene rings is 2. The molecule has 6 aliphatic rings. The molecule has 17 nitrogen and oxygen atoms in total.